The van der Waals surface area contributed by atoms with Crippen molar-refractivity contribution in [2.24, 2.45) is 7.05 Å². The van der Waals surface area contributed by atoms with Gasteiger partial charge in [-0.1, -0.05) is 11.6 Å². The Morgan fingerprint density at radius 2 is 1.74 bits per heavy atom. The summed E-state index contributed by atoms with van der Waals surface area (Å²) in [5.41, 5.74) is 2.43. The highest BCUT2D eigenvalue weighted by Gasteiger charge is 2.19. The molecule has 1 aromatic carbocycles. The van der Waals surface area contributed by atoms with Gasteiger partial charge in [-0.15, -0.1) is 0 Å². The van der Waals surface area contributed by atoms with Crippen LogP contribution in [0.5, 0.6) is 0 Å². The van der Waals surface area contributed by atoms with Crippen LogP contribution in [-0.2, 0) is 7.05 Å². The summed E-state index contributed by atoms with van der Waals surface area (Å²) in [5.74, 6) is -0.162. The van der Waals surface area contributed by atoms with Crippen molar-refractivity contribution in [2.45, 2.75) is 13.8 Å². The molecule has 0 bridgehead atoms. The molecule has 2 rings (SSSR count). The van der Waals surface area contributed by atoms with Crippen LogP contribution in [-0.4, -0.2) is 16.1 Å². The topological polar surface area (TPSA) is 39.1 Å². The van der Waals surface area contributed by atoms with Gasteiger partial charge in [0.2, 0.25) is 5.78 Å². The number of ketones is 2. The van der Waals surface area contributed by atoms with Gasteiger partial charge in [0.05, 0.1) is 11.4 Å². The minimum atomic E-state index is -0.107. The molecule has 0 unspecified atom stereocenters. The van der Waals surface area contributed by atoms with Gasteiger partial charge in [-0.05, 0) is 42.8 Å². The molecule has 0 aliphatic heterocycles. The predicted octanol–water partition coefficient (Wildman–Crippen LogP) is 3.42. The monoisotopic (exact) mass is 275 g/mol. The summed E-state index contributed by atoms with van der Waals surface area (Å²) in [7, 11) is 1.73. The summed E-state index contributed by atoms with van der Waals surface area (Å²) in [4.78, 5) is 23.9. The maximum Gasteiger partial charge on any atom is 0.209 e. The van der Waals surface area contributed by atoms with Crippen LogP contribution in [0.25, 0.3) is 0 Å². The third kappa shape index (κ3) is 2.47. The van der Waals surface area contributed by atoms with E-state index in [0.29, 0.717) is 22.0 Å². The van der Waals surface area contributed by atoms with E-state index in [9.17, 15) is 9.59 Å². The summed E-state index contributed by atoms with van der Waals surface area (Å²) in [6, 6.07) is 8.47. The first-order chi connectivity index (χ1) is 8.91. The highest BCUT2D eigenvalue weighted by molar-refractivity contribution is 6.30. The van der Waals surface area contributed by atoms with E-state index < -0.39 is 0 Å². The zero-order chi connectivity index (χ0) is 14.2. The van der Waals surface area contributed by atoms with E-state index in [4.69, 9.17) is 11.6 Å². The Kier molecular flexibility index (Phi) is 3.58. The number of carbonyl (C=O) groups is 2. The van der Waals surface area contributed by atoms with Gasteiger partial charge < -0.3 is 4.57 Å². The molecule has 0 N–H and O–H groups in total. The average Bonchev–Trinajstić information content (AvgIpc) is 2.65. The number of benzene rings is 1. The molecule has 19 heavy (non-hydrogen) atoms. The Hall–Kier alpha value is -1.87. The number of hydrogen-bond acceptors (Lipinski definition) is 2. The van der Waals surface area contributed by atoms with Crippen LogP contribution in [0.4, 0.5) is 0 Å². The van der Waals surface area contributed by atoms with Gasteiger partial charge >= 0.3 is 0 Å². The highest BCUT2D eigenvalue weighted by Crippen LogP contribution is 2.19. The summed E-state index contributed by atoms with van der Waals surface area (Å²) >= 11 is 5.81. The number of rotatable bonds is 3. The quantitative estimate of drug-likeness (QED) is 0.805. The molecule has 0 aliphatic carbocycles. The zero-order valence-electron chi connectivity index (χ0n) is 11.0. The van der Waals surface area contributed by atoms with E-state index in [1.165, 1.54) is 6.92 Å². The Bertz CT molecular complexity index is 654. The molecule has 0 saturated carbocycles. The molecule has 0 spiro atoms. The highest BCUT2D eigenvalue weighted by atomic mass is 35.5. The van der Waals surface area contributed by atoms with E-state index in [2.05, 4.69) is 0 Å². The Balaban J connectivity index is 2.50. The van der Waals surface area contributed by atoms with Gasteiger partial charge in [0.15, 0.2) is 5.78 Å². The summed E-state index contributed by atoms with van der Waals surface area (Å²) < 4.78 is 1.65. The molecule has 1 aromatic heterocycles. The third-order valence-electron chi connectivity index (χ3n) is 3.11. The lowest BCUT2D eigenvalue weighted by molar-refractivity contribution is 0.100. The van der Waals surface area contributed by atoms with Gasteiger partial charge in [-0.3, -0.25) is 9.59 Å². The second-order valence-corrected chi connectivity index (χ2v) is 4.95. The summed E-state index contributed by atoms with van der Waals surface area (Å²) in [5, 5.41) is 0.588. The lowest BCUT2D eigenvalue weighted by Gasteiger charge is -2.06. The molecule has 3 nitrogen and oxygen atoms in total. The van der Waals surface area contributed by atoms with Crippen LogP contribution >= 0.6 is 11.6 Å². The number of carbonyl (C=O) groups excluding carboxylic acids is 2. The van der Waals surface area contributed by atoms with E-state index in [0.717, 1.165) is 5.56 Å². The minimum absolute atomic E-state index is 0.0549. The van der Waals surface area contributed by atoms with Crippen molar-refractivity contribution in [3.05, 3.63) is 57.9 Å². The fraction of sp³-hybridized carbons (Fsp3) is 0.200. The molecule has 0 radical (unpaired) electrons. The molecule has 0 atom stereocenters. The first-order valence-electron chi connectivity index (χ1n) is 5.89. The minimum Gasteiger partial charge on any atom is -0.338 e. The first-order valence-corrected chi connectivity index (χ1v) is 6.27. The number of aromatic nitrogens is 1. The fourth-order valence-electron chi connectivity index (χ4n) is 2.16. The van der Waals surface area contributed by atoms with Crippen LogP contribution in [0.15, 0.2) is 30.3 Å². The summed E-state index contributed by atoms with van der Waals surface area (Å²) in [6.45, 7) is 3.32. The van der Waals surface area contributed by atoms with Crippen molar-refractivity contribution in [1.82, 2.24) is 4.57 Å². The maximum absolute atomic E-state index is 12.5. The molecule has 98 valence electrons. The molecule has 0 amide bonds. The SMILES string of the molecule is CC(=O)c1cc(C)c(C(=O)c2ccc(Cl)cc2)n1C. The smallest absolute Gasteiger partial charge is 0.209 e. The van der Waals surface area contributed by atoms with Gasteiger partial charge in [0, 0.05) is 24.6 Å². The normalized spacial score (nSPS) is 10.5. The van der Waals surface area contributed by atoms with Gasteiger partial charge in [-0.2, -0.15) is 0 Å². The molecular weight excluding hydrogens is 262 g/mol. The molecule has 2 aromatic rings. The van der Waals surface area contributed by atoms with Crippen molar-refractivity contribution in [3.8, 4) is 0 Å². The van der Waals surface area contributed by atoms with Crippen molar-refractivity contribution >= 4 is 23.2 Å². The number of Topliss-reactive ketones (excluding diaryl/α,β-unsaturated/α-hetero) is 1. The van der Waals surface area contributed by atoms with Crippen LogP contribution in [0.2, 0.25) is 5.02 Å². The van der Waals surface area contributed by atoms with Crippen LogP contribution in [0.3, 0.4) is 0 Å². The maximum atomic E-state index is 12.5. The van der Waals surface area contributed by atoms with E-state index in [1.54, 1.807) is 41.9 Å². The Morgan fingerprint density at radius 1 is 1.16 bits per heavy atom. The van der Waals surface area contributed by atoms with E-state index in [-0.39, 0.29) is 11.6 Å². The van der Waals surface area contributed by atoms with Gasteiger partial charge in [0.25, 0.3) is 0 Å². The van der Waals surface area contributed by atoms with Crippen molar-refractivity contribution in [1.29, 1.82) is 0 Å². The zero-order valence-corrected chi connectivity index (χ0v) is 11.8. The average molecular weight is 276 g/mol. The predicted molar refractivity (Wildman–Crippen MR) is 75.0 cm³/mol. The number of halogens is 1. The van der Waals surface area contributed by atoms with Crippen molar-refractivity contribution < 1.29 is 9.59 Å². The summed E-state index contributed by atoms with van der Waals surface area (Å²) in [6.07, 6.45) is 0. The molecule has 0 aliphatic rings. The van der Waals surface area contributed by atoms with E-state index in [1.807, 2.05) is 6.92 Å². The molecule has 0 fully saturated rings. The van der Waals surface area contributed by atoms with Crippen LogP contribution in [0.1, 0.15) is 39.0 Å². The number of nitrogens with zero attached hydrogens (tertiary/aromatic N) is 1. The lowest BCUT2D eigenvalue weighted by Crippen LogP contribution is -2.11. The number of aryl methyl sites for hydroxylation is 1. The van der Waals surface area contributed by atoms with Crippen LogP contribution in [0, 0.1) is 6.92 Å². The second-order valence-electron chi connectivity index (χ2n) is 4.51. The van der Waals surface area contributed by atoms with Crippen LogP contribution < -0.4 is 0 Å². The Morgan fingerprint density at radius 3 is 2.21 bits per heavy atom. The van der Waals surface area contributed by atoms with Crippen molar-refractivity contribution in [2.75, 3.05) is 0 Å². The fourth-order valence-corrected chi connectivity index (χ4v) is 2.29. The van der Waals surface area contributed by atoms with Gasteiger partial charge in [-0.25, -0.2) is 0 Å². The molecule has 4 heteroatoms. The third-order valence-corrected chi connectivity index (χ3v) is 3.36. The lowest BCUT2D eigenvalue weighted by atomic mass is 10.1. The molecule has 1 heterocycles. The van der Waals surface area contributed by atoms with Gasteiger partial charge in [0.1, 0.15) is 0 Å². The Labute approximate surface area is 116 Å². The largest absolute Gasteiger partial charge is 0.338 e. The van der Waals surface area contributed by atoms with E-state index >= 15 is 0 Å². The molecular formula is C15H14ClNO2. The van der Waals surface area contributed by atoms with Crippen molar-refractivity contribution in [3.63, 3.8) is 0 Å². The second kappa shape index (κ2) is 5.02. The molecule has 0 saturated heterocycles. The first kappa shape index (κ1) is 13.6. The standard InChI is InChI=1S/C15H14ClNO2/c1-9-8-13(10(2)18)17(3)14(9)15(19)11-4-6-12(16)7-5-11/h4-8H,1-3H3. The number of hydrogen-bond donors (Lipinski definition) is 0.